The van der Waals surface area contributed by atoms with E-state index < -0.39 is 12.2 Å². The molecule has 3 aliphatic rings. The highest BCUT2D eigenvalue weighted by molar-refractivity contribution is 5.66. The molecular weight excluding hydrogens is 432 g/mol. The van der Waals surface area contributed by atoms with Crippen molar-refractivity contribution in [3.05, 3.63) is 12.3 Å². The number of rotatable bonds is 5. The van der Waals surface area contributed by atoms with Crippen LogP contribution in [0.3, 0.4) is 0 Å². The third-order valence-electron chi connectivity index (χ3n) is 6.36. The molecule has 0 bridgehead atoms. The van der Waals surface area contributed by atoms with Crippen LogP contribution in [0, 0.1) is 5.41 Å². The van der Waals surface area contributed by atoms with Gasteiger partial charge >= 0.3 is 12.1 Å². The van der Waals surface area contributed by atoms with Gasteiger partial charge in [0.25, 0.3) is 0 Å². The van der Waals surface area contributed by atoms with Gasteiger partial charge in [0.1, 0.15) is 12.2 Å². The molecule has 33 heavy (non-hydrogen) atoms. The van der Waals surface area contributed by atoms with Gasteiger partial charge in [0.15, 0.2) is 12.2 Å². The van der Waals surface area contributed by atoms with Crippen LogP contribution in [0.5, 0.6) is 5.88 Å². The number of nitrogens with zero attached hydrogens (tertiary/aromatic N) is 3. The van der Waals surface area contributed by atoms with Gasteiger partial charge in [0.2, 0.25) is 11.8 Å². The molecule has 4 heterocycles. The Morgan fingerprint density at radius 2 is 1.91 bits per heavy atom. The van der Waals surface area contributed by atoms with Gasteiger partial charge in [0.05, 0.1) is 13.2 Å². The number of likely N-dealkylation sites (tertiary alicyclic amines) is 1. The first-order valence-corrected chi connectivity index (χ1v) is 11.3. The third-order valence-corrected chi connectivity index (χ3v) is 6.36. The molecule has 0 spiro atoms. The van der Waals surface area contributed by atoms with Crippen molar-refractivity contribution in [3.63, 3.8) is 0 Å². The van der Waals surface area contributed by atoms with E-state index in [1.807, 2.05) is 0 Å². The van der Waals surface area contributed by atoms with Crippen molar-refractivity contribution in [2.24, 2.45) is 5.41 Å². The molecule has 0 aliphatic carbocycles. The molecule has 2 N–H and O–H groups in total. The number of anilines is 1. The molecule has 0 saturated carbocycles. The second-order valence-electron chi connectivity index (χ2n) is 9.84. The summed E-state index contributed by atoms with van der Waals surface area (Å²) in [5, 5.41) is 12.9. The number of ether oxygens (including phenoxy) is 4. The zero-order valence-electron chi connectivity index (χ0n) is 19.4. The molecule has 4 rings (SSSR count). The van der Waals surface area contributed by atoms with Gasteiger partial charge in [-0.1, -0.05) is 20.8 Å². The van der Waals surface area contributed by atoms with E-state index in [-0.39, 0.29) is 48.4 Å². The zero-order chi connectivity index (χ0) is 23.8. The van der Waals surface area contributed by atoms with Crippen LogP contribution in [0.1, 0.15) is 40.5 Å². The normalized spacial score (nSPS) is 31.7. The Morgan fingerprint density at radius 3 is 2.58 bits per heavy atom. The van der Waals surface area contributed by atoms with Crippen molar-refractivity contribution in [1.82, 2.24) is 14.9 Å². The van der Waals surface area contributed by atoms with Crippen LogP contribution in [0.4, 0.5) is 10.7 Å². The minimum Gasteiger partial charge on any atom is -0.469 e. The predicted molar refractivity (Wildman–Crippen MR) is 116 cm³/mol. The fourth-order valence-corrected chi connectivity index (χ4v) is 4.81. The highest BCUT2D eigenvalue weighted by Crippen LogP contribution is 2.34. The second-order valence-corrected chi connectivity index (χ2v) is 9.84. The first-order chi connectivity index (χ1) is 15.6. The molecule has 0 aromatic carbocycles. The first kappa shape index (κ1) is 23.5. The second kappa shape index (κ2) is 9.30. The number of carbonyl (C=O) groups excluding carboxylic acids is 1. The molecule has 3 aliphatic heterocycles. The number of piperidine rings is 1. The van der Waals surface area contributed by atoms with Gasteiger partial charge in [-0.05, 0) is 18.3 Å². The number of carboxylic acid groups (broad SMARTS) is 1. The summed E-state index contributed by atoms with van der Waals surface area (Å²) < 4.78 is 22.8. The summed E-state index contributed by atoms with van der Waals surface area (Å²) in [5.74, 6) is 0.442. The van der Waals surface area contributed by atoms with E-state index >= 15 is 0 Å². The maximum Gasteiger partial charge on any atom is 0.407 e. The maximum atomic E-state index is 11.7. The number of aromatic nitrogens is 2. The summed E-state index contributed by atoms with van der Waals surface area (Å²) in [4.78, 5) is 33.2. The van der Waals surface area contributed by atoms with Crippen LogP contribution >= 0.6 is 0 Å². The van der Waals surface area contributed by atoms with Crippen LogP contribution in [0.25, 0.3) is 0 Å². The van der Waals surface area contributed by atoms with Crippen molar-refractivity contribution in [1.29, 1.82) is 0 Å². The molecule has 6 atom stereocenters. The van der Waals surface area contributed by atoms with Crippen LogP contribution < -0.4 is 10.1 Å². The van der Waals surface area contributed by atoms with Gasteiger partial charge in [0, 0.05) is 37.8 Å². The molecule has 3 saturated heterocycles. The quantitative estimate of drug-likeness (QED) is 0.623. The Morgan fingerprint density at radius 1 is 1.21 bits per heavy atom. The van der Waals surface area contributed by atoms with Crippen molar-refractivity contribution < 1.29 is 33.6 Å². The highest BCUT2D eigenvalue weighted by atomic mass is 16.7. The largest absolute Gasteiger partial charge is 0.469 e. The minimum atomic E-state index is -0.887. The molecule has 182 valence electrons. The highest BCUT2D eigenvalue weighted by Gasteiger charge is 2.50. The van der Waals surface area contributed by atoms with E-state index in [2.05, 4.69) is 36.1 Å². The molecule has 1 amide bonds. The minimum absolute atomic E-state index is 0.0434. The fourth-order valence-electron chi connectivity index (χ4n) is 4.81. The topological polar surface area (TPSA) is 132 Å². The van der Waals surface area contributed by atoms with Crippen molar-refractivity contribution in [2.45, 2.75) is 77.0 Å². The Kier molecular flexibility index (Phi) is 6.62. The molecule has 11 heteroatoms. The van der Waals surface area contributed by atoms with E-state index in [4.69, 9.17) is 18.9 Å². The SMILES string of the molecule is CC(=O)O[C@H]1CO[C@H]2[C@@H]1OC[C@@H]2Oc1ccnc(NC2CCN(C(=O)O)C(C(C)(C)C)C2)n1. The third kappa shape index (κ3) is 5.30. The lowest BCUT2D eigenvalue weighted by molar-refractivity contribution is -0.150. The lowest BCUT2D eigenvalue weighted by Crippen LogP contribution is -2.54. The van der Waals surface area contributed by atoms with Crippen LogP contribution in [-0.2, 0) is 19.0 Å². The fraction of sp³-hybridized carbons (Fsp3) is 0.727. The standard InChI is InChI=1S/C22H32N4O7/c1-12(27)32-14-10-30-19-15(11-31-18(14)19)33-17-5-7-23-20(25-17)24-13-6-8-26(21(28)29)16(9-13)22(2,3)4/h5,7,13-16,18-19H,6,8-11H2,1-4H3,(H,28,29)(H,23,24,25)/t13?,14-,15-,16?,18+,19+/m0/s1. The summed E-state index contributed by atoms with van der Waals surface area (Å²) >= 11 is 0. The average molecular weight is 465 g/mol. The van der Waals surface area contributed by atoms with Crippen LogP contribution in [0.2, 0.25) is 0 Å². The molecule has 1 aromatic heterocycles. The Bertz CT molecular complexity index is 877. The Labute approximate surface area is 192 Å². The number of hydrogen-bond acceptors (Lipinski definition) is 9. The van der Waals surface area contributed by atoms with E-state index in [0.717, 1.165) is 0 Å². The van der Waals surface area contributed by atoms with E-state index in [1.54, 1.807) is 12.3 Å². The summed E-state index contributed by atoms with van der Waals surface area (Å²) in [6.45, 7) is 8.55. The van der Waals surface area contributed by atoms with Crippen molar-refractivity contribution in [2.75, 3.05) is 25.1 Å². The van der Waals surface area contributed by atoms with Gasteiger partial charge in [-0.25, -0.2) is 9.78 Å². The van der Waals surface area contributed by atoms with Crippen molar-refractivity contribution >= 4 is 18.0 Å². The van der Waals surface area contributed by atoms with Gasteiger partial charge in [-0.2, -0.15) is 4.98 Å². The van der Waals surface area contributed by atoms with Gasteiger partial charge in [-0.15, -0.1) is 0 Å². The number of hydrogen-bond donors (Lipinski definition) is 2. The first-order valence-electron chi connectivity index (χ1n) is 11.3. The maximum absolute atomic E-state index is 11.7. The lowest BCUT2D eigenvalue weighted by Gasteiger charge is -2.44. The monoisotopic (exact) mass is 464 g/mol. The zero-order valence-corrected chi connectivity index (χ0v) is 19.4. The number of esters is 1. The number of carbonyl (C=O) groups is 2. The van der Waals surface area contributed by atoms with Crippen molar-refractivity contribution in [3.8, 4) is 5.88 Å². The van der Waals surface area contributed by atoms with Crippen LogP contribution in [-0.4, -0.2) is 88.3 Å². The summed E-state index contributed by atoms with van der Waals surface area (Å²) in [7, 11) is 0. The van der Waals surface area contributed by atoms with E-state index in [1.165, 1.54) is 11.8 Å². The number of fused-ring (bicyclic) bond motifs is 1. The van der Waals surface area contributed by atoms with Gasteiger partial charge in [-0.3, -0.25) is 4.79 Å². The Balaban J connectivity index is 1.37. The average Bonchev–Trinajstić information content (AvgIpc) is 3.31. The summed E-state index contributed by atoms with van der Waals surface area (Å²) in [6, 6.07) is 1.60. The van der Waals surface area contributed by atoms with E-state index in [0.29, 0.717) is 37.8 Å². The lowest BCUT2D eigenvalue weighted by atomic mass is 9.79. The Hall–Kier alpha value is -2.66. The number of nitrogens with one attached hydrogen (secondary N) is 1. The van der Waals surface area contributed by atoms with E-state index in [9.17, 15) is 14.7 Å². The van der Waals surface area contributed by atoms with Gasteiger partial charge < -0.3 is 34.3 Å². The van der Waals surface area contributed by atoms with Crippen LogP contribution in [0.15, 0.2) is 12.3 Å². The molecule has 2 unspecified atom stereocenters. The predicted octanol–water partition coefficient (Wildman–Crippen LogP) is 1.92. The summed E-state index contributed by atoms with van der Waals surface area (Å²) in [5.41, 5.74) is -0.186. The molecule has 11 nitrogen and oxygen atoms in total. The molecule has 3 fully saturated rings. The smallest absolute Gasteiger partial charge is 0.407 e. The molecular formula is C22H32N4O7. The number of amides is 1. The molecule has 1 aromatic rings. The molecule has 0 radical (unpaired) electrons. The summed E-state index contributed by atoms with van der Waals surface area (Å²) in [6.07, 6.45) is 0.554.